The fourth-order valence-corrected chi connectivity index (χ4v) is 1.93. The third-order valence-corrected chi connectivity index (χ3v) is 2.94. The van der Waals surface area contributed by atoms with Crippen molar-refractivity contribution in [2.75, 3.05) is 11.9 Å². The number of rotatable bonds is 3. The molecule has 0 fully saturated rings. The van der Waals surface area contributed by atoms with Gasteiger partial charge in [-0.25, -0.2) is 4.39 Å². The summed E-state index contributed by atoms with van der Waals surface area (Å²) in [5, 5.41) is 18.2. The minimum Gasteiger partial charge on any atom is -0.392 e. The molecule has 0 heterocycles. The van der Waals surface area contributed by atoms with E-state index in [0.717, 1.165) is 5.69 Å². The van der Waals surface area contributed by atoms with Crippen LogP contribution in [0.1, 0.15) is 11.1 Å². The van der Waals surface area contributed by atoms with Gasteiger partial charge in [0.2, 0.25) is 0 Å². The van der Waals surface area contributed by atoms with E-state index in [-0.39, 0.29) is 12.4 Å². The van der Waals surface area contributed by atoms with Gasteiger partial charge in [0.1, 0.15) is 5.82 Å². The molecule has 2 aromatic rings. The van der Waals surface area contributed by atoms with E-state index in [1.165, 1.54) is 12.1 Å². The van der Waals surface area contributed by atoms with Gasteiger partial charge in [-0.1, -0.05) is 6.07 Å². The Labute approximate surface area is 111 Å². The van der Waals surface area contributed by atoms with Gasteiger partial charge in [0.15, 0.2) is 0 Å². The first-order valence-corrected chi connectivity index (χ1v) is 5.79. The molecule has 3 nitrogen and oxygen atoms in total. The zero-order chi connectivity index (χ0) is 13.8. The number of aliphatic hydroxyl groups is 1. The van der Waals surface area contributed by atoms with Gasteiger partial charge >= 0.3 is 0 Å². The van der Waals surface area contributed by atoms with Crippen LogP contribution in [-0.4, -0.2) is 12.2 Å². The molecule has 1 N–H and O–H groups in total. The van der Waals surface area contributed by atoms with Gasteiger partial charge in [0, 0.05) is 24.0 Å². The Morgan fingerprint density at radius 3 is 2.74 bits per heavy atom. The van der Waals surface area contributed by atoms with Crippen LogP contribution in [0.25, 0.3) is 0 Å². The lowest BCUT2D eigenvalue weighted by Crippen LogP contribution is -2.12. The SMILES string of the molecule is CN(c1cccc(C#N)c1)c1ccc(F)cc1CO. The summed E-state index contributed by atoms with van der Waals surface area (Å²) >= 11 is 0. The third-order valence-electron chi connectivity index (χ3n) is 2.94. The van der Waals surface area contributed by atoms with Crippen molar-refractivity contribution in [2.24, 2.45) is 0 Å². The van der Waals surface area contributed by atoms with Crippen LogP contribution in [0.4, 0.5) is 15.8 Å². The number of nitriles is 1. The van der Waals surface area contributed by atoms with Gasteiger partial charge in [-0.2, -0.15) is 5.26 Å². The second-order valence-corrected chi connectivity index (χ2v) is 4.15. The largest absolute Gasteiger partial charge is 0.392 e. The van der Waals surface area contributed by atoms with Crippen molar-refractivity contribution < 1.29 is 9.50 Å². The summed E-state index contributed by atoms with van der Waals surface area (Å²) in [4.78, 5) is 1.81. The normalized spacial score (nSPS) is 10.0. The fourth-order valence-electron chi connectivity index (χ4n) is 1.93. The highest BCUT2D eigenvalue weighted by Crippen LogP contribution is 2.28. The van der Waals surface area contributed by atoms with Gasteiger partial charge < -0.3 is 10.0 Å². The number of benzene rings is 2. The molecule has 19 heavy (non-hydrogen) atoms. The molecule has 0 aromatic heterocycles. The zero-order valence-electron chi connectivity index (χ0n) is 10.5. The lowest BCUT2D eigenvalue weighted by atomic mass is 10.1. The molecule has 96 valence electrons. The minimum atomic E-state index is -0.382. The summed E-state index contributed by atoms with van der Waals surface area (Å²) < 4.78 is 13.1. The summed E-state index contributed by atoms with van der Waals surface area (Å²) in [6.45, 7) is -0.241. The maximum Gasteiger partial charge on any atom is 0.123 e. The molecule has 0 saturated heterocycles. The van der Waals surface area contributed by atoms with Gasteiger partial charge in [0.25, 0.3) is 0 Å². The Morgan fingerprint density at radius 1 is 1.26 bits per heavy atom. The van der Waals surface area contributed by atoms with E-state index < -0.39 is 0 Å². The second-order valence-electron chi connectivity index (χ2n) is 4.15. The summed E-state index contributed by atoms with van der Waals surface area (Å²) in [6, 6.07) is 13.4. The number of hydrogen-bond donors (Lipinski definition) is 1. The van der Waals surface area contributed by atoms with Crippen molar-refractivity contribution in [3.05, 3.63) is 59.4 Å². The standard InChI is InChI=1S/C15H13FN2O/c1-18(14-4-2-3-11(7-14)9-17)15-6-5-13(16)8-12(15)10-19/h2-8,19H,10H2,1H3. The van der Waals surface area contributed by atoms with Crippen LogP contribution in [-0.2, 0) is 6.61 Å². The molecule has 2 rings (SSSR count). The van der Waals surface area contributed by atoms with Crippen molar-refractivity contribution in [1.29, 1.82) is 5.26 Å². The minimum absolute atomic E-state index is 0.241. The summed E-state index contributed by atoms with van der Waals surface area (Å²) in [5.74, 6) is -0.382. The number of anilines is 2. The van der Waals surface area contributed by atoms with E-state index in [1.54, 1.807) is 24.3 Å². The molecule has 0 spiro atoms. The molecule has 0 bridgehead atoms. The van der Waals surface area contributed by atoms with Crippen LogP contribution in [0.5, 0.6) is 0 Å². The number of aliphatic hydroxyl groups excluding tert-OH is 1. The maximum absolute atomic E-state index is 13.1. The van der Waals surface area contributed by atoms with Crippen LogP contribution in [0.15, 0.2) is 42.5 Å². The fraction of sp³-hybridized carbons (Fsp3) is 0.133. The van der Waals surface area contributed by atoms with Crippen LogP contribution in [0, 0.1) is 17.1 Å². The molecule has 0 unspecified atom stereocenters. The van der Waals surface area contributed by atoms with Crippen LogP contribution >= 0.6 is 0 Å². The van der Waals surface area contributed by atoms with E-state index in [1.807, 2.05) is 18.0 Å². The van der Waals surface area contributed by atoms with E-state index in [9.17, 15) is 9.50 Å². The molecule has 2 aromatic carbocycles. The number of halogens is 1. The van der Waals surface area contributed by atoms with Crippen LogP contribution in [0.3, 0.4) is 0 Å². The summed E-state index contributed by atoms with van der Waals surface area (Å²) in [7, 11) is 1.81. The van der Waals surface area contributed by atoms with E-state index >= 15 is 0 Å². The first-order chi connectivity index (χ1) is 9.15. The van der Waals surface area contributed by atoms with Crippen molar-refractivity contribution in [3.63, 3.8) is 0 Å². The summed E-state index contributed by atoms with van der Waals surface area (Å²) in [6.07, 6.45) is 0. The maximum atomic E-state index is 13.1. The molecule has 0 atom stereocenters. The Morgan fingerprint density at radius 2 is 2.05 bits per heavy atom. The molecule has 4 heteroatoms. The molecule has 0 aliphatic carbocycles. The van der Waals surface area contributed by atoms with Crippen LogP contribution in [0.2, 0.25) is 0 Å². The highest BCUT2D eigenvalue weighted by atomic mass is 19.1. The Hall–Kier alpha value is -2.38. The second kappa shape index (κ2) is 5.51. The van der Waals surface area contributed by atoms with Crippen LogP contribution < -0.4 is 4.90 Å². The van der Waals surface area contributed by atoms with E-state index in [2.05, 4.69) is 6.07 Å². The van der Waals surface area contributed by atoms with Crippen molar-refractivity contribution in [1.82, 2.24) is 0 Å². The Kier molecular flexibility index (Phi) is 3.79. The molecule has 0 aliphatic rings. The smallest absolute Gasteiger partial charge is 0.123 e. The highest BCUT2D eigenvalue weighted by molar-refractivity contribution is 5.66. The predicted molar refractivity (Wildman–Crippen MR) is 71.5 cm³/mol. The Bertz CT molecular complexity index is 634. The van der Waals surface area contributed by atoms with Gasteiger partial charge in [0.05, 0.1) is 18.2 Å². The molecule has 0 aliphatic heterocycles. The van der Waals surface area contributed by atoms with Gasteiger partial charge in [-0.15, -0.1) is 0 Å². The molecule has 0 amide bonds. The quantitative estimate of drug-likeness (QED) is 0.918. The average Bonchev–Trinajstić information content (AvgIpc) is 2.46. The highest BCUT2D eigenvalue weighted by Gasteiger charge is 2.10. The lowest BCUT2D eigenvalue weighted by molar-refractivity contribution is 0.281. The van der Waals surface area contributed by atoms with Crippen molar-refractivity contribution >= 4 is 11.4 Å². The van der Waals surface area contributed by atoms with E-state index in [0.29, 0.717) is 16.8 Å². The number of hydrogen-bond acceptors (Lipinski definition) is 3. The summed E-state index contributed by atoms with van der Waals surface area (Å²) in [5.41, 5.74) is 2.57. The molecular formula is C15H13FN2O. The van der Waals surface area contributed by atoms with Crippen molar-refractivity contribution in [3.8, 4) is 6.07 Å². The van der Waals surface area contributed by atoms with Gasteiger partial charge in [-0.3, -0.25) is 0 Å². The average molecular weight is 256 g/mol. The first-order valence-electron chi connectivity index (χ1n) is 5.79. The molecule has 0 saturated carbocycles. The zero-order valence-corrected chi connectivity index (χ0v) is 10.5. The number of nitrogens with zero attached hydrogens (tertiary/aromatic N) is 2. The monoisotopic (exact) mass is 256 g/mol. The topological polar surface area (TPSA) is 47.3 Å². The predicted octanol–water partition coefficient (Wildman–Crippen LogP) is 2.96. The molecular weight excluding hydrogens is 243 g/mol. The van der Waals surface area contributed by atoms with Gasteiger partial charge in [-0.05, 0) is 36.4 Å². The lowest BCUT2D eigenvalue weighted by Gasteiger charge is -2.22. The Balaban J connectivity index is 2.43. The van der Waals surface area contributed by atoms with Crippen molar-refractivity contribution in [2.45, 2.75) is 6.61 Å². The third kappa shape index (κ3) is 2.72. The first kappa shape index (κ1) is 13.1. The van der Waals surface area contributed by atoms with E-state index in [4.69, 9.17) is 5.26 Å². The molecule has 0 radical (unpaired) electrons.